The number of hydrogen-bond acceptors (Lipinski definition) is 10. The second-order valence-corrected chi connectivity index (χ2v) is 8.26. The molecular formula is C24H30O10. The van der Waals surface area contributed by atoms with Crippen LogP contribution in [-0.4, -0.2) is 60.2 Å². The lowest BCUT2D eigenvalue weighted by molar-refractivity contribution is -0.273. The summed E-state index contributed by atoms with van der Waals surface area (Å²) in [7, 11) is 0. The first kappa shape index (κ1) is 27.0. The van der Waals surface area contributed by atoms with Gasteiger partial charge in [0, 0.05) is 37.8 Å². The van der Waals surface area contributed by atoms with Crippen molar-refractivity contribution in [3.63, 3.8) is 0 Å². The molecule has 5 atom stereocenters. The number of fused-ring (bicyclic) bond motifs is 1. The maximum absolute atomic E-state index is 12.7. The van der Waals surface area contributed by atoms with E-state index in [4.69, 9.17) is 18.9 Å². The molecule has 10 nitrogen and oxygen atoms in total. The molecule has 2 unspecified atom stereocenters. The largest absolute Gasteiger partial charge is 0.462 e. The van der Waals surface area contributed by atoms with E-state index < -0.39 is 54.2 Å². The summed E-state index contributed by atoms with van der Waals surface area (Å²) in [4.78, 5) is 52.2. The monoisotopic (exact) mass is 478 g/mol. The Morgan fingerprint density at radius 1 is 1.15 bits per heavy atom. The summed E-state index contributed by atoms with van der Waals surface area (Å²) in [5.74, 6) is -3.14. The Morgan fingerprint density at radius 2 is 1.82 bits per heavy atom. The van der Waals surface area contributed by atoms with Crippen molar-refractivity contribution in [2.45, 2.75) is 65.0 Å². The molecule has 34 heavy (non-hydrogen) atoms. The fraction of sp³-hybridized carbons (Fsp3) is 0.500. The molecule has 0 aromatic carbocycles. The third kappa shape index (κ3) is 6.88. The molecule has 1 aliphatic heterocycles. The van der Waals surface area contributed by atoms with Gasteiger partial charge in [-0.25, -0.2) is 14.5 Å². The molecule has 1 aliphatic carbocycles. The Balaban J connectivity index is 2.41. The molecule has 2 aliphatic rings. The Bertz CT molecular complexity index is 928. The molecule has 0 amide bonds. The summed E-state index contributed by atoms with van der Waals surface area (Å²) in [6, 6.07) is 0. The maximum atomic E-state index is 12.7. The number of carbonyl (C=O) groups excluding carboxylic acids is 4. The van der Waals surface area contributed by atoms with Gasteiger partial charge in [0.1, 0.15) is 31.0 Å². The first-order valence-corrected chi connectivity index (χ1v) is 10.7. The molecule has 1 heterocycles. The van der Waals surface area contributed by atoms with Crippen molar-refractivity contribution < 1.29 is 48.3 Å². The van der Waals surface area contributed by atoms with Crippen LogP contribution in [0.25, 0.3) is 0 Å². The van der Waals surface area contributed by atoms with E-state index in [2.05, 4.69) is 18.0 Å². The summed E-state index contributed by atoms with van der Waals surface area (Å²) < 4.78 is 21.3. The zero-order valence-corrected chi connectivity index (χ0v) is 19.7. The van der Waals surface area contributed by atoms with Gasteiger partial charge in [0.15, 0.2) is 0 Å². The van der Waals surface area contributed by atoms with Gasteiger partial charge in [-0.3, -0.25) is 14.8 Å². The van der Waals surface area contributed by atoms with Crippen LogP contribution in [0.15, 0.2) is 47.6 Å². The normalized spacial score (nSPS) is 29.3. The Morgan fingerprint density at radius 3 is 2.41 bits per heavy atom. The highest BCUT2D eigenvalue weighted by Crippen LogP contribution is 2.38. The lowest BCUT2D eigenvalue weighted by atomic mass is 9.83. The van der Waals surface area contributed by atoms with Crippen molar-refractivity contribution in [2.75, 3.05) is 6.61 Å². The lowest BCUT2D eigenvalue weighted by Gasteiger charge is -2.31. The molecule has 1 N–H and O–H groups in total. The number of hydrogen-bond donors (Lipinski definition) is 1. The minimum atomic E-state index is -0.947. The van der Waals surface area contributed by atoms with Gasteiger partial charge >= 0.3 is 23.9 Å². The zero-order chi connectivity index (χ0) is 25.6. The molecule has 0 bridgehead atoms. The van der Waals surface area contributed by atoms with Crippen LogP contribution in [-0.2, 0) is 43.0 Å². The van der Waals surface area contributed by atoms with Crippen molar-refractivity contribution in [3.05, 3.63) is 47.6 Å². The van der Waals surface area contributed by atoms with Gasteiger partial charge in [0.2, 0.25) is 0 Å². The SMILES string of the molecule is C=C1C(=O)O[C@@H]2/C=C(/C)C(OC(C)=O)C[C@@H](OO)C(=C)CC(OC(=O)/C(C)=C/COC(C)=O)[C@@H]12. The minimum Gasteiger partial charge on any atom is -0.462 e. The molecule has 0 radical (unpaired) electrons. The van der Waals surface area contributed by atoms with Crippen LogP contribution in [0.5, 0.6) is 0 Å². The molecule has 10 heteroatoms. The maximum Gasteiger partial charge on any atom is 0.334 e. The third-order valence-electron chi connectivity index (χ3n) is 5.64. The van der Waals surface area contributed by atoms with Gasteiger partial charge in [-0.15, -0.1) is 0 Å². The molecule has 1 saturated heterocycles. The van der Waals surface area contributed by atoms with E-state index in [-0.39, 0.29) is 30.6 Å². The van der Waals surface area contributed by atoms with E-state index in [0.717, 1.165) is 0 Å². The molecule has 0 aromatic rings. The Kier molecular flexibility index (Phi) is 9.34. The second-order valence-electron chi connectivity index (χ2n) is 8.26. The zero-order valence-electron chi connectivity index (χ0n) is 19.7. The molecule has 0 saturated carbocycles. The first-order chi connectivity index (χ1) is 15.9. The molecular weight excluding hydrogens is 448 g/mol. The van der Waals surface area contributed by atoms with Crippen molar-refractivity contribution in [1.29, 1.82) is 0 Å². The van der Waals surface area contributed by atoms with E-state index in [0.29, 0.717) is 11.1 Å². The van der Waals surface area contributed by atoms with Crippen molar-refractivity contribution in [1.82, 2.24) is 0 Å². The van der Waals surface area contributed by atoms with E-state index in [1.807, 2.05) is 0 Å². The van der Waals surface area contributed by atoms with E-state index in [9.17, 15) is 24.4 Å². The first-order valence-electron chi connectivity index (χ1n) is 10.7. The van der Waals surface area contributed by atoms with Crippen molar-refractivity contribution >= 4 is 23.9 Å². The summed E-state index contributed by atoms with van der Waals surface area (Å²) in [6.07, 6.45) is -0.428. The number of carbonyl (C=O) groups is 4. The summed E-state index contributed by atoms with van der Waals surface area (Å²) in [6.45, 7) is 13.3. The van der Waals surface area contributed by atoms with Gasteiger partial charge in [-0.2, -0.15) is 0 Å². The number of ether oxygens (including phenoxy) is 4. The van der Waals surface area contributed by atoms with Crippen LogP contribution in [0, 0.1) is 5.92 Å². The van der Waals surface area contributed by atoms with E-state index >= 15 is 0 Å². The topological polar surface area (TPSA) is 135 Å². The van der Waals surface area contributed by atoms with Gasteiger partial charge in [0.05, 0.1) is 5.92 Å². The van der Waals surface area contributed by atoms with Gasteiger partial charge in [0.25, 0.3) is 0 Å². The van der Waals surface area contributed by atoms with Gasteiger partial charge in [-0.05, 0) is 37.1 Å². The van der Waals surface area contributed by atoms with E-state index in [1.54, 1.807) is 13.0 Å². The Hall–Kier alpha value is -3.24. The van der Waals surface area contributed by atoms with Crippen LogP contribution in [0.2, 0.25) is 0 Å². The van der Waals surface area contributed by atoms with Crippen LogP contribution >= 0.6 is 0 Å². The molecule has 1 fully saturated rings. The fourth-order valence-electron chi connectivity index (χ4n) is 3.78. The predicted molar refractivity (Wildman–Crippen MR) is 118 cm³/mol. The number of rotatable bonds is 6. The highest BCUT2D eigenvalue weighted by Gasteiger charge is 2.46. The van der Waals surface area contributed by atoms with Crippen LogP contribution in [0.1, 0.15) is 40.5 Å². The highest BCUT2D eigenvalue weighted by atomic mass is 17.1. The van der Waals surface area contributed by atoms with Crippen molar-refractivity contribution in [3.8, 4) is 0 Å². The molecule has 0 aromatic heterocycles. The fourth-order valence-corrected chi connectivity index (χ4v) is 3.78. The number of esters is 4. The standard InChI is InChI=1S/C24H30O10/c1-12(7-8-30-16(5)25)23(27)32-20-10-14(3)19(34-29)11-18(31-17(6)26)13(2)9-21-22(20)15(4)24(28)33-21/h7,9,18-22,29H,3-4,8,10-11H2,1-2,5-6H3/b12-7+,13-9-/t18?,19-,20?,21-,22-/m1/s1. The van der Waals surface area contributed by atoms with Crippen LogP contribution < -0.4 is 0 Å². The van der Waals surface area contributed by atoms with Crippen LogP contribution in [0.3, 0.4) is 0 Å². The summed E-state index contributed by atoms with van der Waals surface area (Å²) in [5.41, 5.74) is 1.19. The lowest BCUT2D eigenvalue weighted by Crippen LogP contribution is -2.37. The second kappa shape index (κ2) is 11.8. The predicted octanol–water partition coefficient (Wildman–Crippen LogP) is 2.59. The van der Waals surface area contributed by atoms with Gasteiger partial charge in [-0.1, -0.05) is 13.2 Å². The van der Waals surface area contributed by atoms with Crippen LogP contribution in [0.4, 0.5) is 0 Å². The summed E-state index contributed by atoms with van der Waals surface area (Å²) >= 11 is 0. The van der Waals surface area contributed by atoms with Gasteiger partial charge < -0.3 is 18.9 Å². The average Bonchev–Trinajstić information content (AvgIpc) is 3.02. The summed E-state index contributed by atoms with van der Waals surface area (Å²) in [5, 5.41) is 9.48. The molecule has 186 valence electrons. The quantitative estimate of drug-likeness (QED) is 0.152. The molecule has 2 rings (SSSR count). The minimum absolute atomic E-state index is 0.00466. The smallest absolute Gasteiger partial charge is 0.334 e. The average molecular weight is 478 g/mol. The third-order valence-corrected chi connectivity index (χ3v) is 5.64. The van der Waals surface area contributed by atoms with E-state index in [1.165, 1.54) is 26.8 Å². The Labute approximate surface area is 197 Å². The molecule has 0 spiro atoms. The highest BCUT2D eigenvalue weighted by molar-refractivity contribution is 5.92. The van der Waals surface area contributed by atoms with Crippen molar-refractivity contribution in [2.24, 2.45) is 5.92 Å².